The molecule has 5 heterocycles. The number of halogens is 1. The van der Waals surface area contributed by atoms with Gasteiger partial charge in [0, 0.05) is 40.2 Å². The Kier molecular flexibility index (Phi) is 4.31. The van der Waals surface area contributed by atoms with Gasteiger partial charge in [0.05, 0.1) is 41.8 Å². The van der Waals surface area contributed by atoms with Crippen LogP contribution in [0.25, 0.3) is 0 Å². The fourth-order valence-corrected chi connectivity index (χ4v) is 6.37. The summed E-state index contributed by atoms with van der Waals surface area (Å²) in [7, 11) is 1.81. The van der Waals surface area contributed by atoms with Crippen LogP contribution in [0.1, 0.15) is 19.8 Å². The Labute approximate surface area is 164 Å². The van der Waals surface area contributed by atoms with Crippen LogP contribution in [0.4, 0.5) is 4.79 Å². The minimum absolute atomic E-state index is 0.0200. The first-order valence-corrected chi connectivity index (χ1v) is 10.4. The zero-order chi connectivity index (χ0) is 18.9. The topological polar surface area (TPSA) is 74.4 Å². The molecule has 9 heteroatoms. The molecule has 0 radical (unpaired) electrons. The highest BCUT2D eigenvalue weighted by molar-refractivity contribution is 6.21. The SMILES string of the molecule is CC(=O)N[C@@H]1[C@H]2[C@H](Cl)CCN2C[C@H]1OC(=O)N(C)[C@@H]1[C@H]2[C@@H]3CCN2C[C@H]1O3. The summed E-state index contributed by atoms with van der Waals surface area (Å²) in [4.78, 5) is 31.0. The number of amides is 2. The lowest BCUT2D eigenvalue weighted by molar-refractivity contribution is -0.120. The van der Waals surface area contributed by atoms with Crippen molar-refractivity contribution in [2.45, 2.75) is 67.6 Å². The molecule has 1 N–H and O–H groups in total. The Hall–Kier alpha value is -1.09. The summed E-state index contributed by atoms with van der Waals surface area (Å²) in [5.74, 6) is -0.126. The zero-order valence-corrected chi connectivity index (χ0v) is 16.5. The average molecular weight is 399 g/mol. The van der Waals surface area contributed by atoms with Gasteiger partial charge < -0.3 is 19.7 Å². The van der Waals surface area contributed by atoms with Gasteiger partial charge in [0.2, 0.25) is 5.91 Å². The summed E-state index contributed by atoms with van der Waals surface area (Å²) < 4.78 is 12.0. The van der Waals surface area contributed by atoms with Gasteiger partial charge in [-0.05, 0) is 12.8 Å². The fraction of sp³-hybridized carbons (Fsp3) is 0.889. The van der Waals surface area contributed by atoms with E-state index in [1.165, 1.54) is 6.92 Å². The van der Waals surface area contributed by atoms with Crippen LogP contribution in [0, 0.1) is 0 Å². The average Bonchev–Trinajstić information content (AvgIpc) is 3.35. The van der Waals surface area contributed by atoms with Crippen molar-refractivity contribution in [1.29, 1.82) is 0 Å². The maximum Gasteiger partial charge on any atom is 0.410 e. The summed E-state index contributed by atoms with van der Waals surface area (Å²) in [6.07, 6.45) is 1.53. The molecular weight excluding hydrogens is 372 g/mol. The van der Waals surface area contributed by atoms with Crippen LogP contribution in [-0.2, 0) is 14.3 Å². The van der Waals surface area contributed by atoms with Crippen LogP contribution in [0.3, 0.4) is 0 Å². The number of fused-ring (bicyclic) bond motifs is 2. The summed E-state index contributed by atoms with van der Waals surface area (Å²) in [6, 6.07) is 0.0942. The van der Waals surface area contributed by atoms with Gasteiger partial charge in [0.1, 0.15) is 6.10 Å². The van der Waals surface area contributed by atoms with E-state index in [0.717, 1.165) is 32.5 Å². The molecule has 0 aliphatic carbocycles. The molecule has 0 unspecified atom stereocenters. The molecular formula is C18H27ClN4O4. The molecule has 0 aromatic heterocycles. The van der Waals surface area contributed by atoms with Crippen molar-refractivity contribution in [1.82, 2.24) is 20.0 Å². The monoisotopic (exact) mass is 398 g/mol. The number of rotatable bonds is 3. The van der Waals surface area contributed by atoms with E-state index in [0.29, 0.717) is 6.54 Å². The number of hydrogen-bond acceptors (Lipinski definition) is 6. The van der Waals surface area contributed by atoms with Crippen LogP contribution >= 0.6 is 11.6 Å². The first-order valence-electron chi connectivity index (χ1n) is 9.92. The molecule has 5 aliphatic rings. The normalized spacial score (nSPS) is 45.3. The van der Waals surface area contributed by atoms with E-state index >= 15 is 0 Å². The Balaban J connectivity index is 1.28. The number of nitrogens with zero attached hydrogens (tertiary/aromatic N) is 3. The van der Waals surface area contributed by atoms with Crippen molar-refractivity contribution in [2.75, 3.05) is 33.2 Å². The van der Waals surface area contributed by atoms with E-state index < -0.39 is 0 Å². The number of likely N-dealkylation sites (N-methyl/N-ethyl adjacent to an activating group) is 1. The van der Waals surface area contributed by atoms with E-state index in [-0.39, 0.29) is 59.9 Å². The number of alkyl halides is 1. The van der Waals surface area contributed by atoms with Crippen LogP contribution in [-0.4, -0.2) is 108 Å². The van der Waals surface area contributed by atoms with Crippen LogP contribution in [0.15, 0.2) is 0 Å². The van der Waals surface area contributed by atoms with Crippen LogP contribution in [0.2, 0.25) is 0 Å². The predicted octanol–water partition coefficient (Wildman–Crippen LogP) is -0.153. The van der Waals surface area contributed by atoms with E-state index in [4.69, 9.17) is 21.1 Å². The highest BCUT2D eigenvalue weighted by atomic mass is 35.5. The third kappa shape index (κ3) is 2.75. The summed E-state index contributed by atoms with van der Waals surface area (Å²) in [5.41, 5.74) is 0. The van der Waals surface area contributed by atoms with Crippen molar-refractivity contribution >= 4 is 23.6 Å². The van der Waals surface area contributed by atoms with Gasteiger partial charge in [-0.15, -0.1) is 11.6 Å². The Morgan fingerprint density at radius 1 is 1.15 bits per heavy atom. The molecule has 2 bridgehead atoms. The molecule has 0 aromatic rings. The lowest BCUT2D eigenvalue weighted by Gasteiger charge is -2.30. The first-order chi connectivity index (χ1) is 12.9. The van der Waals surface area contributed by atoms with Crippen LogP contribution in [0.5, 0.6) is 0 Å². The summed E-state index contributed by atoms with van der Waals surface area (Å²) in [5, 5.41) is 2.93. The van der Waals surface area contributed by atoms with Gasteiger partial charge in [0.15, 0.2) is 0 Å². The van der Waals surface area contributed by atoms with E-state index in [1.54, 1.807) is 11.9 Å². The smallest absolute Gasteiger partial charge is 0.410 e. The second-order valence-electron chi connectivity index (χ2n) is 8.53. The molecule has 0 saturated carbocycles. The Bertz CT molecular complexity index is 637. The predicted molar refractivity (Wildman–Crippen MR) is 97.7 cm³/mol. The first kappa shape index (κ1) is 18.0. The van der Waals surface area contributed by atoms with Gasteiger partial charge in [0.25, 0.3) is 0 Å². The maximum atomic E-state index is 12.9. The lowest BCUT2D eigenvalue weighted by Crippen LogP contribution is -2.52. The summed E-state index contributed by atoms with van der Waals surface area (Å²) >= 11 is 6.48. The molecule has 5 aliphatic heterocycles. The van der Waals surface area contributed by atoms with Crippen molar-refractivity contribution in [2.24, 2.45) is 0 Å². The molecule has 0 spiro atoms. The maximum absolute atomic E-state index is 12.9. The molecule has 8 nitrogen and oxygen atoms in total. The van der Waals surface area contributed by atoms with E-state index in [9.17, 15) is 9.59 Å². The lowest BCUT2D eigenvalue weighted by atomic mass is 10.0. The van der Waals surface area contributed by atoms with Crippen molar-refractivity contribution in [3.8, 4) is 0 Å². The van der Waals surface area contributed by atoms with Crippen molar-refractivity contribution in [3.63, 3.8) is 0 Å². The largest absolute Gasteiger partial charge is 0.442 e. The van der Waals surface area contributed by atoms with Crippen molar-refractivity contribution < 1.29 is 19.1 Å². The Morgan fingerprint density at radius 2 is 1.89 bits per heavy atom. The standard InChI is InChI=1S/C18H27ClN4O4/c1-9(24)20-14-12(7-22-5-3-10(19)15(14)22)27-18(25)21(2)16-13-8-23-6-4-11(26-13)17(16)23/h10-17H,3-8H2,1-2H3,(H,20,24)/t10-,11+,12-,13-,14+,15-,16+,17-/m1/s1. The third-order valence-corrected chi connectivity index (χ3v) is 7.50. The molecule has 5 saturated heterocycles. The van der Waals surface area contributed by atoms with E-state index in [2.05, 4.69) is 15.1 Å². The molecule has 27 heavy (non-hydrogen) atoms. The summed E-state index contributed by atoms with van der Waals surface area (Å²) in [6.45, 7) is 4.91. The third-order valence-electron chi connectivity index (χ3n) is 7.02. The molecule has 150 valence electrons. The number of hydrogen-bond donors (Lipinski definition) is 1. The van der Waals surface area contributed by atoms with Crippen molar-refractivity contribution in [3.05, 3.63) is 0 Å². The van der Waals surface area contributed by atoms with Gasteiger partial charge in [-0.3, -0.25) is 14.6 Å². The van der Waals surface area contributed by atoms with Gasteiger partial charge in [-0.2, -0.15) is 0 Å². The molecule has 5 rings (SSSR count). The zero-order valence-electron chi connectivity index (χ0n) is 15.7. The highest BCUT2D eigenvalue weighted by Crippen LogP contribution is 2.42. The van der Waals surface area contributed by atoms with Gasteiger partial charge in [-0.25, -0.2) is 4.79 Å². The second-order valence-corrected chi connectivity index (χ2v) is 9.09. The number of carbonyl (C=O) groups excluding carboxylic acids is 2. The van der Waals surface area contributed by atoms with E-state index in [1.807, 2.05) is 0 Å². The van der Waals surface area contributed by atoms with Gasteiger partial charge in [-0.1, -0.05) is 0 Å². The Morgan fingerprint density at radius 3 is 2.63 bits per heavy atom. The molecule has 5 fully saturated rings. The highest BCUT2D eigenvalue weighted by Gasteiger charge is 2.59. The quantitative estimate of drug-likeness (QED) is 0.666. The number of morpholine rings is 1. The molecule has 8 atom stereocenters. The number of nitrogens with one attached hydrogen (secondary N) is 1. The fourth-order valence-electron chi connectivity index (χ4n) is 5.96. The minimum atomic E-state index is -0.382. The van der Waals surface area contributed by atoms with Crippen LogP contribution < -0.4 is 5.32 Å². The number of carbonyl (C=O) groups is 2. The second kappa shape index (κ2) is 6.47. The molecule has 2 amide bonds. The number of ether oxygens (including phenoxy) is 2. The molecule has 0 aromatic carbocycles. The minimum Gasteiger partial charge on any atom is -0.442 e. The van der Waals surface area contributed by atoms with Gasteiger partial charge >= 0.3 is 6.09 Å².